The monoisotopic (exact) mass is 159 g/mol. The maximum Gasteiger partial charge on any atom is 0.0480 e. The standard InChI is InChI=1S/C9H21NO/c1-4-6-11-7-5-9(10)8(2)3/h8-9H,4-7,10H2,1-3H3. The van der Waals surface area contributed by atoms with Gasteiger partial charge in [-0.2, -0.15) is 0 Å². The van der Waals surface area contributed by atoms with Gasteiger partial charge in [0, 0.05) is 19.3 Å². The van der Waals surface area contributed by atoms with Crippen molar-refractivity contribution >= 4 is 0 Å². The minimum atomic E-state index is 0.298. The molecule has 0 aliphatic carbocycles. The van der Waals surface area contributed by atoms with E-state index in [1.165, 1.54) is 0 Å². The summed E-state index contributed by atoms with van der Waals surface area (Å²) in [5, 5.41) is 0. The molecule has 68 valence electrons. The van der Waals surface area contributed by atoms with Crippen molar-refractivity contribution in [1.82, 2.24) is 0 Å². The summed E-state index contributed by atoms with van der Waals surface area (Å²) in [7, 11) is 0. The minimum Gasteiger partial charge on any atom is -0.381 e. The van der Waals surface area contributed by atoms with Crippen LogP contribution in [0, 0.1) is 5.92 Å². The molecule has 0 aromatic carbocycles. The summed E-state index contributed by atoms with van der Waals surface area (Å²) < 4.78 is 5.32. The Bertz CT molecular complexity index is 83.6. The fourth-order valence-electron chi connectivity index (χ4n) is 0.799. The summed E-state index contributed by atoms with van der Waals surface area (Å²) in [6.45, 7) is 8.08. The number of hydrogen-bond acceptors (Lipinski definition) is 2. The molecule has 2 heteroatoms. The molecule has 0 saturated carbocycles. The molecular formula is C9H21NO. The molecule has 0 amide bonds. The van der Waals surface area contributed by atoms with Crippen LogP contribution < -0.4 is 5.73 Å². The maximum absolute atomic E-state index is 5.82. The van der Waals surface area contributed by atoms with E-state index in [0.29, 0.717) is 12.0 Å². The van der Waals surface area contributed by atoms with Crippen molar-refractivity contribution in [2.45, 2.75) is 39.7 Å². The number of rotatable bonds is 6. The van der Waals surface area contributed by atoms with Gasteiger partial charge in [-0.05, 0) is 18.8 Å². The SMILES string of the molecule is CCCOCCC(N)C(C)C. The van der Waals surface area contributed by atoms with Crippen molar-refractivity contribution < 1.29 is 4.74 Å². The van der Waals surface area contributed by atoms with Gasteiger partial charge in [-0.15, -0.1) is 0 Å². The van der Waals surface area contributed by atoms with Crippen LogP contribution in [0.2, 0.25) is 0 Å². The first-order valence-electron chi connectivity index (χ1n) is 4.51. The van der Waals surface area contributed by atoms with Crippen molar-refractivity contribution in [2.75, 3.05) is 13.2 Å². The molecule has 2 N–H and O–H groups in total. The zero-order valence-corrected chi connectivity index (χ0v) is 7.97. The fourth-order valence-corrected chi connectivity index (χ4v) is 0.799. The normalized spacial score (nSPS) is 13.9. The van der Waals surface area contributed by atoms with E-state index in [4.69, 9.17) is 10.5 Å². The van der Waals surface area contributed by atoms with Crippen LogP contribution in [0.1, 0.15) is 33.6 Å². The van der Waals surface area contributed by atoms with Crippen LogP contribution in [0.15, 0.2) is 0 Å². The van der Waals surface area contributed by atoms with E-state index in [0.717, 1.165) is 26.1 Å². The molecule has 0 bridgehead atoms. The topological polar surface area (TPSA) is 35.2 Å². The molecule has 0 fully saturated rings. The highest BCUT2D eigenvalue weighted by molar-refractivity contribution is 4.63. The molecule has 0 aliphatic rings. The van der Waals surface area contributed by atoms with Crippen LogP contribution in [-0.2, 0) is 4.74 Å². The summed E-state index contributed by atoms with van der Waals surface area (Å²) in [4.78, 5) is 0. The second-order valence-corrected chi connectivity index (χ2v) is 3.31. The highest BCUT2D eigenvalue weighted by atomic mass is 16.5. The molecule has 1 unspecified atom stereocenters. The molecule has 11 heavy (non-hydrogen) atoms. The summed E-state index contributed by atoms with van der Waals surface area (Å²) in [6, 6.07) is 0.298. The first-order chi connectivity index (χ1) is 5.18. The summed E-state index contributed by atoms with van der Waals surface area (Å²) in [5.74, 6) is 0.570. The number of hydrogen-bond donors (Lipinski definition) is 1. The lowest BCUT2D eigenvalue weighted by atomic mass is 10.0. The largest absolute Gasteiger partial charge is 0.381 e. The zero-order valence-electron chi connectivity index (χ0n) is 7.97. The molecular weight excluding hydrogens is 138 g/mol. The van der Waals surface area contributed by atoms with Gasteiger partial charge in [0.25, 0.3) is 0 Å². The van der Waals surface area contributed by atoms with Crippen molar-refractivity contribution in [1.29, 1.82) is 0 Å². The van der Waals surface area contributed by atoms with Gasteiger partial charge >= 0.3 is 0 Å². The Kier molecular flexibility index (Phi) is 6.57. The Balaban J connectivity index is 3.10. The Labute approximate surface area is 70.1 Å². The molecule has 0 aromatic heterocycles. The molecule has 0 aromatic rings. The highest BCUT2D eigenvalue weighted by Crippen LogP contribution is 2.02. The van der Waals surface area contributed by atoms with E-state index in [2.05, 4.69) is 20.8 Å². The molecule has 0 saturated heterocycles. The molecule has 0 spiro atoms. The Morgan fingerprint density at radius 2 is 1.91 bits per heavy atom. The van der Waals surface area contributed by atoms with Crippen LogP contribution in [-0.4, -0.2) is 19.3 Å². The van der Waals surface area contributed by atoms with Crippen molar-refractivity contribution in [3.63, 3.8) is 0 Å². The van der Waals surface area contributed by atoms with Gasteiger partial charge in [0.05, 0.1) is 0 Å². The lowest BCUT2D eigenvalue weighted by Crippen LogP contribution is -2.27. The van der Waals surface area contributed by atoms with Gasteiger partial charge in [0.2, 0.25) is 0 Å². The lowest BCUT2D eigenvalue weighted by Gasteiger charge is -2.14. The van der Waals surface area contributed by atoms with Crippen molar-refractivity contribution in [2.24, 2.45) is 11.7 Å². The van der Waals surface area contributed by atoms with Gasteiger partial charge in [0.1, 0.15) is 0 Å². The smallest absolute Gasteiger partial charge is 0.0480 e. The molecule has 1 atom stereocenters. The molecule has 2 nitrogen and oxygen atoms in total. The third kappa shape index (κ3) is 6.32. The van der Waals surface area contributed by atoms with E-state index in [9.17, 15) is 0 Å². The molecule has 0 heterocycles. The lowest BCUT2D eigenvalue weighted by molar-refractivity contribution is 0.124. The molecule has 0 rings (SSSR count). The molecule has 0 radical (unpaired) electrons. The fraction of sp³-hybridized carbons (Fsp3) is 1.00. The third-order valence-corrected chi connectivity index (χ3v) is 1.80. The van der Waals surface area contributed by atoms with Crippen LogP contribution >= 0.6 is 0 Å². The quantitative estimate of drug-likeness (QED) is 0.600. The van der Waals surface area contributed by atoms with E-state index in [1.54, 1.807) is 0 Å². The predicted molar refractivity (Wildman–Crippen MR) is 48.5 cm³/mol. The first-order valence-corrected chi connectivity index (χ1v) is 4.51. The van der Waals surface area contributed by atoms with E-state index >= 15 is 0 Å². The Morgan fingerprint density at radius 3 is 2.36 bits per heavy atom. The van der Waals surface area contributed by atoms with Gasteiger partial charge in [-0.1, -0.05) is 20.8 Å². The van der Waals surface area contributed by atoms with Crippen molar-refractivity contribution in [3.8, 4) is 0 Å². The van der Waals surface area contributed by atoms with Crippen LogP contribution in [0.4, 0.5) is 0 Å². The van der Waals surface area contributed by atoms with Gasteiger partial charge in [-0.3, -0.25) is 0 Å². The number of nitrogens with two attached hydrogens (primary N) is 1. The number of ether oxygens (including phenoxy) is 1. The van der Waals surface area contributed by atoms with Gasteiger partial charge in [-0.25, -0.2) is 0 Å². The predicted octanol–water partition coefficient (Wildman–Crippen LogP) is 1.79. The average Bonchev–Trinajstić information content (AvgIpc) is 1.97. The minimum absolute atomic E-state index is 0.298. The van der Waals surface area contributed by atoms with Gasteiger partial charge < -0.3 is 10.5 Å². The van der Waals surface area contributed by atoms with Crippen LogP contribution in [0.25, 0.3) is 0 Å². The summed E-state index contributed by atoms with van der Waals surface area (Å²) >= 11 is 0. The second-order valence-electron chi connectivity index (χ2n) is 3.31. The van der Waals surface area contributed by atoms with Crippen LogP contribution in [0.5, 0.6) is 0 Å². The average molecular weight is 159 g/mol. The molecule has 0 aliphatic heterocycles. The third-order valence-electron chi connectivity index (χ3n) is 1.80. The van der Waals surface area contributed by atoms with Crippen molar-refractivity contribution in [3.05, 3.63) is 0 Å². The summed E-state index contributed by atoms with van der Waals surface area (Å²) in [6.07, 6.45) is 2.08. The zero-order chi connectivity index (χ0) is 8.69. The Morgan fingerprint density at radius 1 is 1.27 bits per heavy atom. The van der Waals surface area contributed by atoms with Gasteiger partial charge in [0.15, 0.2) is 0 Å². The summed E-state index contributed by atoms with van der Waals surface area (Å²) in [5.41, 5.74) is 5.82. The highest BCUT2D eigenvalue weighted by Gasteiger charge is 2.05. The Hall–Kier alpha value is -0.0800. The second kappa shape index (κ2) is 6.62. The van der Waals surface area contributed by atoms with E-state index in [-0.39, 0.29) is 0 Å². The van der Waals surface area contributed by atoms with E-state index in [1.807, 2.05) is 0 Å². The van der Waals surface area contributed by atoms with Crippen LogP contribution in [0.3, 0.4) is 0 Å². The van der Waals surface area contributed by atoms with E-state index < -0.39 is 0 Å². The maximum atomic E-state index is 5.82. The first kappa shape index (κ1) is 10.9.